The molecule has 1 heteroatoms. The van der Waals surface area contributed by atoms with E-state index in [9.17, 15) is 5.11 Å². The van der Waals surface area contributed by atoms with Crippen LogP contribution in [0.25, 0.3) is 0 Å². The third kappa shape index (κ3) is 4.26. The fourth-order valence-electron chi connectivity index (χ4n) is 3.86. The van der Waals surface area contributed by atoms with E-state index in [1.54, 1.807) is 0 Å². The Morgan fingerprint density at radius 3 is 2.11 bits per heavy atom. The van der Waals surface area contributed by atoms with Crippen LogP contribution >= 0.6 is 0 Å². The largest absolute Gasteiger partial charge is 0.393 e. The minimum Gasteiger partial charge on any atom is -0.393 e. The van der Waals surface area contributed by atoms with Crippen molar-refractivity contribution in [2.45, 2.75) is 85.2 Å². The maximum absolute atomic E-state index is 10.6. The molecule has 3 unspecified atom stereocenters. The Labute approximate surface area is 114 Å². The van der Waals surface area contributed by atoms with E-state index in [4.69, 9.17) is 0 Å². The lowest BCUT2D eigenvalue weighted by molar-refractivity contribution is 0.00746. The van der Waals surface area contributed by atoms with Gasteiger partial charge in [0.2, 0.25) is 0 Å². The van der Waals surface area contributed by atoms with Crippen molar-refractivity contribution in [2.75, 3.05) is 0 Å². The first kappa shape index (κ1) is 16.0. The fourth-order valence-corrected chi connectivity index (χ4v) is 3.86. The molecular formula is C17H34O. The molecule has 1 aliphatic rings. The van der Waals surface area contributed by atoms with Gasteiger partial charge in [0.1, 0.15) is 0 Å². The topological polar surface area (TPSA) is 20.2 Å². The maximum Gasteiger partial charge on any atom is 0.0596 e. The summed E-state index contributed by atoms with van der Waals surface area (Å²) in [6, 6.07) is 0. The minimum atomic E-state index is -0.0562. The van der Waals surface area contributed by atoms with Gasteiger partial charge in [0.25, 0.3) is 0 Å². The van der Waals surface area contributed by atoms with Crippen molar-refractivity contribution in [1.82, 2.24) is 0 Å². The highest BCUT2D eigenvalue weighted by atomic mass is 16.3. The number of aliphatic hydroxyl groups excluding tert-OH is 1. The predicted octanol–water partition coefficient (Wildman–Crippen LogP) is 5.03. The van der Waals surface area contributed by atoms with E-state index in [-0.39, 0.29) is 6.10 Å². The van der Waals surface area contributed by atoms with Crippen LogP contribution in [0.15, 0.2) is 0 Å². The highest BCUT2D eigenvalue weighted by molar-refractivity contribution is 4.82. The number of rotatable bonds is 7. The molecule has 1 fully saturated rings. The second-order valence-corrected chi connectivity index (χ2v) is 6.50. The second kappa shape index (κ2) is 8.19. The lowest BCUT2D eigenvalue weighted by atomic mass is 9.72. The van der Waals surface area contributed by atoms with Gasteiger partial charge < -0.3 is 5.11 Å². The molecule has 0 aromatic heterocycles. The molecule has 1 rings (SSSR count). The molecule has 0 spiro atoms. The Bertz CT molecular complexity index is 206. The Balaban J connectivity index is 2.45. The zero-order chi connectivity index (χ0) is 13.5. The molecule has 0 aromatic rings. The molecule has 0 aromatic carbocycles. The van der Waals surface area contributed by atoms with Crippen molar-refractivity contribution in [2.24, 2.45) is 23.7 Å². The summed E-state index contributed by atoms with van der Waals surface area (Å²) < 4.78 is 0. The molecule has 0 heterocycles. The monoisotopic (exact) mass is 254 g/mol. The maximum atomic E-state index is 10.6. The van der Waals surface area contributed by atoms with Crippen molar-refractivity contribution >= 4 is 0 Å². The second-order valence-electron chi connectivity index (χ2n) is 6.50. The quantitative estimate of drug-likeness (QED) is 0.676. The van der Waals surface area contributed by atoms with Crippen molar-refractivity contribution in [3.8, 4) is 0 Å². The Morgan fingerprint density at radius 1 is 1.06 bits per heavy atom. The van der Waals surface area contributed by atoms with Gasteiger partial charge in [0.05, 0.1) is 6.10 Å². The van der Waals surface area contributed by atoms with E-state index in [1.807, 2.05) is 0 Å². The van der Waals surface area contributed by atoms with Crippen LogP contribution in [-0.2, 0) is 0 Å². The summed E-state index contributed by atoms with van der Waals surface area (Å²) >= 11 is 0. The van der Waals surface area contributed by atoms with Gasteiger partial charge in [-0.15, -0.1) is 0 Å². The summed E-state index contributed by atoms with van der Waals surface area (Å²) in [6.45, 7) is 9.12. The van der Waals surface area contributed by atoms with Crippen LogP contribution < -0.4 is 0 Å². The zero-order valence-electron chi connectivity index (χ0n) is 13.0. The van der Waals surface area contributed by atoms with Gasteiger partial charge in [-0.25, -0.2) is 0 Å². The summed E-state index contributed by atoms with van der Waals surface area (Å²) in [6.07, 6.45) is 10.2. The fraction of sp³-hybridized carbons (Fsp3) is 1.00. The molecule has 3 atom stereocenters. The lowest BCUT2D eigenvalue weighted by Crippen LogP contribution is -2.34. The minimum absolute atomic E-state index is 0.0562. The molecule has 0 bridgehead atoms. The first-order valence-electron chi connectivity index (χ1n) is 8.31. The Kier molecular flexibility index (Phi) is 7.29. The highest BCUT2D eigenvalue weighted by Crippen LogP contribution is 2.37. The highest BCUT2D eigenvalue weighted by Gasteiger charge is 2.31. The molecule has 108 valence electrons. The normalized spacial score (nSPS) is 29.8. The van der Waals surface area contributed by atoms with E-state index < -0.39 is 0 Å². The molecule has 1 nitrogen and oxygen atoms in total. The first-order valence-corrected chi connectivity index (χ1v) is 8.31. The van der Waals surface area contributed by atoms with Gasteiger partial charge >= 0.3 is 0 Å². The Morgan fingerprint density at radius 2 is 1.67 bits per heavy atom. The van der Waals surface area contributed by atoms with Gasteiger partial charge in [0, 0.05) is 0 Å². The number of hydrogen-bond acceptors (Lipinski definition) is 1. The van der Waals surface area contributed by atoms with Crippen LogP contribution in [0.5, 0.6) is 0 Å². The van der Waals surface area contributed by atoms with E-state index in [0.29, 0.717) is 17.8 Å². The molecule has 1 saturated carbocycles. The first-order chi connectivity index (χ1) is 8.63. The van der Waals surface area contributed by atoms with Gasteiger partial charge in [-0.05, 0) is 36.5 Å². The van der Waals surface area contributed by atoms with Crippen LogP contribution in [0, 0.1) is 23.7 Å². The van der Waals surface area contributed by atoms with Crippen molar-refractivity contribution < 1.29 is 5.11 Å². The summed E-state index contributed by atoms with van der Waals surface area (Å²) in [5, 5.41) is 10.6. The van der Waals surface area contributed by atoms with E-state index in [0.717, 1.165) is 5.92 Å². The van der Waals surface area contributed by atoms with Crippen molar-refractivity contribution in [1.29, 1.82) is 0 Å². The molecule has 0 aliphatic heterocycles. The smallest absolute Gasteiger partial charge is 0.0596 e. The van der Waals surface area contributed by atoms with Crippen LogP contribution in [0.1, 0.15) is 79.1 Å². The number of hydrogen-bond donors (Lipinski definition) is 1. The standard InChI is InChI=1S/C17H34O/c1-5-8-15(7-3)13(4)17(18)16-11-9-14(6-2)10-12-16/h13-18H,5-12H2,1-4H3. The predicted molar refractivity (Wildman–Crippen MR) is 79.6 cm³/mol. The molecule has 0 saturated heterocycles. The van der Waals surface area contributed by atoms with Crippen molar-refractivity contribution in [3.63, 3.8) is 0 Å². The average molecular weight is 254 g/mol. The van der Waals surface area contributed by atoms with Crippen LogP contribution in [0.4, 0.5) is 0 Å². The van der Waals surface area contributed by atoms with E-state index >= 15 is 0 Å². The molecule has 0 radical (unpaired) electrons. The van der Waals surface area contributed by atoms with Gasteiger partial charge in [-0.3, -0.25) is 0 Å². The zero-order valence-corrected chi connectivity index (χ0v) is 13.0. The van der Waals surface area contributed by atoms with E-state index in [1.165, 1.54) is 51.4 Å². The SMILES string of the molecule is CCCC(CC)C(C)C(O)C1CCC(CC)CC1. The average Bonchev–Trinajstić information content (AvgIpc) is 2.43. The summed E-state index contributed by atoms with van der Waals surface area (Å²) in [5.74, 6) is 2.71. The molecule has 1 N–H and O–H groups in total. The lowest BCUT2D eigenvalue weighted by Gasteiger charge is -2.36. The van der Waals surface area contributed by atoms with Crippen molar-refractivity contribution in [3.05, 3.63) is 0 Å². The van der Waals surface area contributed by atoms with Crippen LogP contribution in [-0.4, -0.2) is 11.2 Å². The van der Waals surface area contributed by atoms with Gasteiger partial charge in [0.15, 0.2) is 0 Å². The molecular weight excluding hydrogens is 220 g/mol. The summed E-state index contributed by atoms with van der Waals surface area (Å²) in [7, 11) is 0. The molecule has 0 amide bonds. The molecule has 18 heavy (non-hydrogen) atoms. The van der Waals surface area contributed by atoms with E-state index in [2.05, 4.69) is 27.7 Å². The third-order valence-corrected chi connectivity index (χ3v) is 5.42. The van der Waals surface area contributed by atoms with Gasteiger partial charge in [-0.1, -0.05) is 66.2 Å². The summed E-state index contributed by atoms with van der Waals surface area (Å²) in [5.41, 5.74) is 0. The summed E-state index contributed by atoms with van der Waals surface area (Å²) in [4.78, 5) is 0. The Hall–Kier alpha value is -0.0400. The van der Waals surface area contributed by atoms with Gasteiger partial charge in [-0.2, -0.15) is 0 Å². The number of aliphatic hydroxyl groups is 1. The molecule has 1 aliphatic carbocycles. The van der Waals surface area contributed by atoms with Crippen LogP contribution in [0.3, 0.4) is 0 Å². The third-order valence-electron chi connectivity index (χ3n) is 5.42. The van der Waals surface area contributed by atoms with Crippen LogP contribution in [0.2, 0.25) is 0 Å².